The number of carbonyl (C=O) groups excluding carboxylic acids is 3. The number of amides is 3. The van der Waals surface area contributed by atoms with E-state index in [1.54, 1.807) is 9.80 Å². The molecule has 0 aromatic heterocycles. The molecule has 2 aliphatic rings. The summed E-state index contributed by atoms with van der Waals surface area (Å²) in [5, 5.41) is 13.3. The van der Waals surface area contributed by atoms with Gasteiger partial charge in [0.05, 0.1) is 25.8 Å². The minimum atomic E-state index is -0.665. The largest absolute Gasteiger partial charge is 0.491 e. The molecule has 1 aromatic rings. The lowest BCUT2D eigenvalue weighted by atomic mass is 9.84. The summed E-state index contributed by atoms with van der Waals surface area (Å²) < 4.78 is 11.6. The van der Waals surface area contributed by atoms with Gasteiger partial charge in [-0.25, -0.2) is 4.79 Å². The van der Waals surface area contributed by atoms with E-state index in [2.05, 4.69) is 19.2 Å². The van der Waals surface area contributed by atoms with Crippen molar-refractivity contribution < 1.29 is 29.0 Å². The molecule has 1 aliphatic carbocycles. The first kappa shape index (κ1) is 37.6. The van der Waals surface area contributed by atoms with Crippen molar-refractivity contribution in [3.8, 4) is 5.75 Å². The van der Waals surface area contributed by atoms with Crippen molar-refractivity contribution in [1.82, 2.24) is 15.1 Å². The molecule has 1 heterocycles. The van der Waals surface area contributed by atoms with Crippen LogP contribution in [0, 0.1) is 5.92 Å². The minimum Gasteiger partial charge on any atom is -0.491 e. The number of rotatable bonds is 20. The van der Waals surface area contributed by atoms with Crippen LogP contribution in [-0.2, 0) is 20.9 Å². The maximum absolute atomic E-state index is 14.0. The van der Waals surface area contributed by atoms with Gasteiger partial charge in [-0.15, -0.1) is 0 Å². The Labute approximate surface area is 277 Å². The summed E-state index contributed by atoms with van der Waals surface area (Å²) in [5.41, 5.74) is 0.970. The summed E-state index contributed by atoms with van der Waals surface area (Å²) in [7, 11) is 0. The molecule has 2 N–H and O–H groups in total. The van der Waals surface area contributed by atoms with Gasteiger partial charge in [0.1, 0.15) is 18.4 Å². The Morgan fingerprint density at radius 1 is 1.00 bits per heavy atom. The Bertz CT molecular complexity index is 1030. The molecule has 0 radical (unpaired) electrons. The molecule has 2 atom stereocenters. The number of benzene rings is 1. The minimum absolute atomic E-state index is 0.0351. The third-order valence-corrected chi connectivity index (χ3v) is 9.50. The zero-order valence-corrected chi connectivity index (χ0v) is 28.7. The number of aliphatic hydroxyl groups is 1. The lowest BCUT2D eigenvalue weighted by molar-refractivity contribution is -0.133. The van der Waals surface area contributed by atoms with Crippen LogP contribution in [0.15, 0.2) is 24.3 Å². The van der Waals surface area contributed by atoms with Crippen molar-refractivity contribution in [2.24, 2.45) is 5.92 Å². The number of hydrogen-bond donors (Lipinski definition) is 2. The van der Waals surface area contributed by atoms with Crippen LogP contribution in [0.25, 0.3) is 0 Å². The van der Waals surface area contributed by atoms with E-state index in [0.717, 1.165) is 94.8 Å². The van der Waals surface area contributed by atoms with Crippen LogP contribution < -0.4 is 10.1 Å². The van der Waals surface area contributed by atoms with Gasteiger partial charge in [0.25, 0.3) is 0 Å². The summed E-state index contributed by atoms with van der Waals surface area (Å²) in [6, 6.07) is 6.50. The van der Waals surface area contributed by atoms with Gasteiger partial charge in [-0.1, -0.05) is 109 Å². The Hall–Kier alpha value is -2.81. The van der Waals surface area contributed by atoms with Crippen LogP contribution in [0.3, 0.4) is 0 Å². The second-order valence-electron chi connectivity index (χ2n) is 13.2. The van der Waals surface area contributed by atoms with Crippen molar-refractivity contribution in [3.05, 3.63) is 29.8 Å². The molecule has 0 bridgehead atoms. The first-order valence-electron chi connectivity index (χ1n) is 18.3. The van der Waals surface area contributed by atoms with Gasteiger partial charge in [0.15, 0.2) is 0 Å². The van der Waals surface area contributed by atoms with Crippen molar-refractivity contribution >= 4 is 17.9 Å². The summed E-state index contributed by atoms with van der Waals surface area (Å²) in [4.78, 5) is 44.3. The fourth-order valence-corrected chi connectivity index (χ4v) is 6.65. The number of aliphatic hydroxyl groups excluding tert-OH is 1. The SMILES string of the molecule is CCCCCCCN(C(=O)OCCCCCC)[C@@H](CC1CCCCC1)C(=O)N[C@H](CO)CCC(=O)N1CCOc2ccccc2C1. The molecule has 260 valence electrons. The average Bonchev–Trinajstić information content (AvgIpc) is 3.30. The van der Waals surface area contributed by atoms with Gasteiger partial charge in [-0.3, -0.25) is 14.5 Å². The molecule has 1 fully saturated rings. The van der Waals surface area contributed by atoms with Crippen molar-refractivity contribution in [2.75, 3.05) is 32.9 Å². The highest BCUT2D eigenvalue weighted by atomic mass is 16.6. The second-order valence-corrected chi connectivity index (χ2v) is 13.2. The normalized spacial score (nSPS) is 16.5. The van der Waals surface area contributed by atoms with Gasteiger partial charge < -0.3 is 24.8 Å². The van der Waals surface area contributed by atoms with E-state index in [9.17, 15) is 19.5 Å². The fraction of sp³-hybridized carbons (Fsp3) is 0.757. The van der Waals surface area contributed by atoms with E-state index in [1.807, 2.05) is 24.3 Å². The number of nitrogens with zero attached hydrogens (tertiary/aromatic N) is 2. The molecule has 0 saturated heterocycles. The predicted molar refractivity (Wildman–Crippen MR) is 182 cm³/mol. The van der Waals surface area contributed by atoms with Crippen LogP contribution in [0.4, 0.5) is 4.79 Å². The maximum atomic E-state index is 14.0. The number of nitrogens with one attached hydrogen (secondary N) is 1. The highest BCUT2D eigenvalue weighted by Crippen LogP contribution is 2.29. The predicted octanol–water partition coefficient (Wildman–Crippen LogP) is 6.99. The molecule has 1 aromatic carbocycles. The van der Waals surface area contributed by atoms with Crippen molar-refractivity contribution in [1.29, 1.82) is 0 Å². The molecular weight excluding hydrogens is 582 g/mol. The van der Waals surface area contributed by atoms with Gasteiger partial charge >= 0.3 is 6.09 Å². The number of para-hydroxylation sites is 1. The number of hydrogen-bond acceptors (Lipinski definition) is 6. The standard InChI is InChI=1S/C37H61N3O6/c1-3-5-7-9-15-23-40(37(44)46-25-16-8-6-4-2)33(27-30-17-11-10-12-18-30)36(43)38-32(29-41)21-22-35(42)39-24-26-45-34-20-14-13-19-31(34)28-39/h13-14,19-20,30,32-33,41H,3-12,15-18,21-29H2,1-2H3,(H,38,43)/t32-,33-/m0/s1. The van der Waals surface area contributed by atoms with Crippen LogP contribution in [0.1, 0.15) is 129 Å². The van der Waals surface area contributed by atoms with Crippen molar-refractivity contribution in [2.45, 2.75) is 142 Å². The number of unbranched alkanes of at least 4 members (excludes halogenated alkanes) is 7. The molecule has 0 spiro atoms. The molecule has 1 aliphatic heterocycles. The van der Waals surface area contributed by atoms with Crippen LogP contribution >= 0.6 is 0 Å². The quantitative estimate of drug-likeness (QED) is 0.148. The van der Waals surface area contributed by atoms with E-state index in [0.29, 0.717) is 51.6 Å². The molecule has 0 unspecified atom stereocenters. The van der Waals surface area contributed by atoms with Crippen LogP contribution in [0.5, 0.6) is 5.75 Å². The summed E-state index contributed by atoms with van der Waals surface area (Å²) in [5.74, 6) is 0.876. The zero-order valence-electron chi connectivity index (χ0n) is 28.7. The third-order valence-electron chi connectivity index (χ3n) is 9.50. The maximum Gasteiger partial charge on any atom is 0.410 e. The van der Waals surface area contributed by atoms with E-state index >= 15 is 0 Å². The molecule has 9 nitrogen and oxygen atoms in total. The summed E-state index contributed by atoms with van der Waals surface area (Å²) >= 11 is 0. The van der Waals surface area contributed by atoms with Crippen LogP contribution in [0.2, 0.25) is 0 Å². The summed E-state index contributed by atoms with van der Waals surface area (Å²) in [6.45, 7) is 6.27. The van der Waals surface area contributed by atoms with E-state index in [-0.39, 0.29) is 24.8 Å². The Kier molecular flexibility index (Phi) is 17.9. The molecule has 1 saturated carbocycles. The Morgan fingerprint density at radius 3 is 2.46 bits per heavy atom. The highest BCUT2D eigenvalue weighted by Gasteiger charge is 2.34. The molecule has 3 rings (SSSR count). The van der Waals surface area contributed by atoms with Gasteiger partial charge in [0.2, 0.25) is 11.8 Å². The van der Waals surface area contributed by atoms with Crippen molar-refractivity contribution in [3.63, 3.8) is 0 Å². The lowest BCUT2D eigenvalue weighted by Gasteiger charge is -2.34. The molecular formula is C37H61N3O6. The first-order valence-corrected chi connectivity index (χ1v) is 18.3. The van der Waals surface area contributed by atoms with Gasteiger partial charge in [-0.05, 0) is 37.7 Å². The molecule has 9 heteroatoms. The lowest BCUT2D eigenvalue weighted by Crippen LogP contribution is -2.53. The summed E-state index contributed by atoms with van der Waals surface area (Å²) in [6.07, 6.45) is 15.6. The second kappa shape index (κ2) is 21.9. The van der Waals surface area contributed by atoms with Gasteiger partial charge in [-0.2, -0.15) is 0 Å². The zero-order chi connectivity index (χ0) is 33.0. The molecule has 3 amide bonds. The Morgan fingerprint density at radius 2 is 1.72 bits per heavy atom. The van der Waals surface area contributed by atoms with E-state index < -0.39 is 18.2 Å². The highest BCUT2D eigenvalue weighted by molar-refractivity contribution is 5.86. The van der Waals surface area contributed by atoms with E-state index in [1.165, 1.54) is 6.42 Å². The average molecular weight is 644 g/mol. The van der Waals surface area contributed by atoms with Gasteiger partial charge in [0, 0.05) is 25.1 Å². The number of fused-ring (bicyclic) bond motifs is 1. The monoisotopic (exact) mass is 643 g/mol. The molecule has 46 heavy (non-hydrogen) atoms. The number of ether oxygens (including phenoxy) is 2. The third kappa shape index (κ3) is 13.1. The topological polar surface area (TPSA) is 108 Å². The fourth-order valence-electron chi connectivity index (χ4n) is 6.65. The van der Waals surface area contributed by atoms with E-state index in [4.69, 9.17) is 9.47 Å². The first-order chi connectivity index (χ1) is 22.5. The van der Waals surface area contributed by atoms with Crippen LogP contribution in [-0.4, -0.2) is 77.8 Å². The Balaban J connectivity index is 1.67. The number of carbonyl (C=O) groups is 3. The smallest absolute Gasteiger partial charge is 0.410 e.